The molecule has 0 saturated carbocycles. The van der Waals surface area contributed by atoms with Gasteiger partial charge in [-0.2, -0.15) is 5.10 Å². The van der Waals surface area contributed by atoms with Gasteiger partial charge in [0.15, 0.2) is 5.65 Å². The van der Waals surface area contributed by atoms with E-state index < -0.39 is 16.1 Å². The summed E-state index contributed by atoms with van der Waals surface area (Å²) in [5, 5.41) is 14.9. The van der Waals surface area contributed by atoms with Crippen molar-refractivity contribution in [3.05, 3.63) is 65.5 Å². The lowest BCUT2D eigenvalue weighted by Crippen LogP contribution is -2.40. The molecule has 1 atom stereocenters. The van der Waals surface area contributed by atoms with Crippen molar-refractivity contribution in [2.75, 3.05) is 18.8 Å². The number of piperidine rings is 1. The Morgan fingerprint density at radius 1 is 1.08 bits per heavy atom. The number of likely N-dealkylation sites (tertiary alicyclic amines) is 1. The van der Waals surface area contributed by atoms with Gasteiger partial charge < -0.3 is 15.7 Å². The number of sulfonamides is 1. The topological polar surface area (TPSA) is 156 Å². The van der Waals surface area contributed by atoms with Gasteiger partial charge in [0, 0.05) is 25.2 Å². The van der Waals surface area contributed by atoms with Crippen LogP contribution in [0.15, 0.2) is 53.7 Å². The number of benzene rings is 2. The highest BCUT2D eigenvalue weighted by Crippen LogP contribution is 2.34. The second-order valence-electron chi connectivity index (χ2n) is 10.1. The predicted molar refractivity (Wildman–Crippen MR) is 146 cm³/mol. The van der Waals surface area contributed by atoms with Crippen LogP contribution in [0.2, 0.25) is 0 Å². The first-order valence-corrected chi connectivity index (χ1v) is 14.5. The van der Waals surface area contributed by atoms with Crippen LogP contribution in [0, 0.1) is 0 Å². The van der Waals surface area contributed by atoms with Gasteiger partial charge >= 0.3 is 6.09 Å². The van der Waals surface area contributed by atoms with E-state index in [1.165, 1.54) is 16.8 Å². The van der Waals surface area contributed by atoms with Crippen LogP contribution in [-0.2, 0) is 29.4 Å². The van der Waals surface area contributed by atoms with Crippen molar-refractivity contribution in [2.24, 2.45) is 0 Å². The lowest BCUT2D eigenvalue weighted by atomic mass is 10.1. The first-order chi connectivity index (χ1) is 18.8. The molecule has 1 fully saturated rings. The molecule has 4 aromatic rings. The van der Waals surface area contributed by atoms with Crippen LogP contribution in [0.25, 0.3) is 22.3 Å². The molecule has 11 nitrogen and oxygen atoms in total. The van der Waals surface area contributed by atoms with E-state index in [1.54, 1.807) is 16.8 Å². The molecule has 39 heavy (non-hydrogen) atoms. The Kier molecular flexibility index (Phi) is 6.43. The highest BCUT2D eigenvalue weighted by Gasteiger charge is 2.28. The van der Waals surface area contributed by atoms with Gasteiger partial charge in [0.25, 0.3) is 0 Å². The molecule has 0 bridgehead atoms. The Labute approximate surface area is 225 Å². The second-order valence-corrected chi connectivity index (χ2v) is 11.8. The molecule has 0 radical (unpaired) electrons. The van der Waals surface area contributed by atoms with Gasteiger partial charge in [-0.25, -0.2) is 32.6 Å². The van der Waals surface area contributed by atoms with E-state index in [-0.39, 0.29) is 17.5 Å². The number of hydrogen-bond acceptors (Lipinski definition) is 7. The summed E-state index contributed by atoms with van der Waals surface area (Å²) in [4.78, 5) is 21.8. The van der Waals surface area contributed by atoms with Crippen LogP contribution < -0.4 is 10.5 Å². The summed E-state index contributed by atoms with van der Waals surface area (Å²) in [7, 11) is -3.64. The lowest BCUT2D eigenvalue weighted by molar-refractivity contribution is 0.120. The minimum Gasteiger partial charge on any atom is -0.465 e. The van der Waals surface area contributed by atoms with Crippen molar-refractivity contribution in [3.8, 4) is 11.3 Å². The van der Waals surface area contributed by atoms with E-state index in [2.05, 4.69) is 14.7 Å². The number of nitrogens with one attached hydrogen (secondary N) is 1. The van der Waals surface area contributed by atoms with E-state index in [4.69, 9.17) is 10.8 Å². The van der Waals surface area contributed by atoms with Crippen molar-refractivity contribution in [2.45, 2.75) is 49.6 Å². The minimum absolute atomic E-state index is 0.146. The van der Waals surface area contributed by atoms with Gasteiger partial charge in [-0.15, -0.1) is 0 Å². The number of nitrogens with zero attached hydrogens (tertiary/aromatic N) is 5. The Hall–Kier alpha value is -4.03. The van der Waals surface area contributed by atoms with Gasteiger partial charge in [-0.3, -0.25) is 0 Å². The average molecular weight is 548 g/mol. The fraction of sp³-hybridized carbons (Fsp3) is 0.333. The number of carboxylic acid groups (broad SMARTS) is 1. The number of aryl methyl sites for hydroxylation is 2. The Balaban J connectivity index is 1.24. The number of hydrogen-bond donors (Lipinski definition) is 3. The monoisotopic (exact) mass is 547 g/mol. The number of aromatic nitrogens is 4. The Bertz CT molecular complexity index is 1670. The third-order valence-corrected chi connectivity index (χ3v) is 9.00. The van der Waals surface area contributed by atoms with Gasteiger partial charge in [0.05, 0.1) is 16.3 Å². The van der Waals surface area contributed by atoms with Crippen molar-refractivity contribution in [1.82, 2.24) is 29.4 Å². The number of carbonyl (C=O) groups is 1. The molecule has 2 aromatic heterocycles. The number of amides is 1. The molecule has 1 saturated heterocycles. The molecule has 0 unspecified atom stereocenters. The molecule has 0 spiro atoms. The van der Waals surface area contributed by atoms with E-state index in [0.717, 1.165) is 48.8 Å². The first-order valence-electron chi connectivity index (χ1n) is 13.0. The zero-order chi connectivity index (χ0) is 27.1. The molecule has 1 aliphatic heterocycles. The molecule has 6 rings (SSSR count). The van der Waals surface area contributed by atoms with E-state index in [0.29, 0.717) is 35.6 Å². The summed E-state index contributed by atoms with van der Waals surface area (Å²) in [6.07, 6.45) is 4.91. The molecule has 1 amide bonds. The molecule has 3 heterocycles. The number of rotatable bonds is 6. The lowest BCUT2D eigenvalue weighted by Gasteiger charge is -2.30. The number of nitrogens with two attached hydrogens (primary N) is 1. The van der Waals surface area contributed by atoms with Crippen LogP contribution in [0.5, 0.6) is 0 Å². The highest BCUT2D eigenvalue weighted by atomic mass is 32.2. The van der Waals surface area contributed by atoms with Gasteiger partial charge in [-0.05, 0) is 60.9 Å². The van der Waals surface area contributed by atoms with Gasteiger partial charge in [0.2, 0.25) is 10.0 Å². The summed E-state index contributed by atoms with van der Waals surface area (Å²) in [5.74, 6) is 0.290. The highest BCUT2D eigenvalue weighted by molar-refractivity contribution is 7.89. The van der Waals surface area contributed by atoms with Crippen LogP contribution in [0.1, 0.15) is 42.0 Å². The van der Waals surface area contributed by atoms with Crippen LogP contribution in [0.3, 0.4) is 0 Å². The molecule has 202 valence electrons. The number of nitrogen functional groups attached to an aromatic ring is 1. The normalized spacial score (nSPS) is 17.4. The summed E-state index contributed by atoms with van der Waals surface area (Å²) in [6.45, 7) is 0.957. The maximum atomic E-state index is 12.9. The quantitative estimate of drug-likeness (QED) is 0.332. The maximum absolute atomic E-state index is 12.9. The van der Waals surface area contributed by atoms with Crippen molar-refractivity contribution >= 4 is 33.0 Å². The summed E-state index contributed by atoms with van der Waals surface area (Å²) < 4.78 is 30.3. The van der Waals surface area contributed by atoms with Gasteiger partial charge in [0.1, 0.15) is 17.8 Å². The zero-order valence-corrected chi connectivity index (χ0v) is 22.1. The molecule has 2 aromatic carbocycles. The smallest absolute Gasteiger partial charge is 0.407 e. The molecule has 1 aliphatic carbocycles. The van der Waals surface area contributed by atoms with Gasteiger partial charge in [-0.1, -0.05) is 30.3 Å². The molecular formula is C27H29N7O4S. The number of fused-ring (bicyclic) bond motifs is 2. The largest absolute Gasteiger partial charge is 0.465 e. The van der Waals surface area contributed by atoms with Crippen molar-refractivity contribution in [1.29, 1.82) is 0 Å². The third-order valence-electron chi connectivity index (χ3n) is 7.60. The van der Waals surface area contributed by atoms with Crippen LogP contribution in [-0.4, -0.2) is 57.4 Å². The van der Waals surface area contributed by atoms with E-state index in [9.17, 15) is 18.3 Å². The minimum atomic E-state index is -3.64. The van der Waals surface area contributed by atoms with Crippen LogP contribution >= 0.6 is 0 Å². The average Bonchev–Trinajstić information content (AvgIpc) is 3.58. The van der Waals surface area contributed by atoms with E-state index in [1.807, 2.05) is 30.3 Å². The fourth-order valence-corrected chi connectivity index (χ4v) is 6.61. The summed E-state index contributed by atoms with van der Waals surface area (Å²) in [5.41, 5.74) is 11.3. The Morgan fingerprint density at radius 2 is 1.87 bits per heavy atom. The molecular weight excluding hydrogens is 518 g/mol. The second kappa shape index (κ2) is 9.93. The Morgan fingerprint density at radius 3 is 2.67 bits per heavy atom. The third kappa shape index (κ3) is 4.81. The zero-order valence-electron chi connectivity index (χ0n) is 21.2. The van der Waals surface area contributed by atoms with Crippen molar-refractivity contribution in [3.63, 3.8) is 0 Å². The van der Waals surface area contributed by atoms with E-state index >= 15 is 0 Å². The fourth-order valence-electron chi connectivity index (χ4n) is 5.54. The summed E-state index contributed by atoms with van der Waals surface area (Å²) >= 11 is 0. The molecule has 2 aliphatic rings. The first kappa shape index (κ1) is 25.3. The maximum Gasteiger partial charge on any atom is 0.407 e. The summed E-state index contributed by atoms with van der Waals surface area (Å²) in [6, 6.07) is 12.6. The predicted octanol–water partition coefficient (Wildman–Crippen LogP) is 3.36. The van der Waals surface area contributed by atoms with Crippen LogP contribution in [0.4, 0.5) is 10.6 Å². The number of anilines is 1. The SMILES string of the molecule is Nc1ncnc2c1c(-c1ccc(CNS(=O)(=O)c3ccc4c(c3)CCC4)cc1)nn2[C@@H]1CCCN(C(=O)O)C1. The standard InChI is InChI=1S/C27H29N7O4S/c28-25-23-24(32-34(26(23)30-16-29-25)21-5-2-12-33(15-21)27(35)36)19-8-6-17(7-9-19)14-31-39(37,38)22-11-10-18-3-1-4-20(18)13-22/h6-11,13,16,21,31H,1-5,12,14-15H2,(H,35,36)(H2,28,29,30)/t21-/m1/s1. The van der Waals surface area contributed by atoms with Crippen molar-refractivity contribution < 1.29 is 18.3 Å². The molecule has 4 N–H and O–H groups in total. The molecule has 12 heteroatoms.